The lowest BCUT2D eigenvalue weighted by atomic mass is 10.0. The molecule has 0 aliphatic heterocycles. The molecule has 110 valence electrons. The SMILES string of the molecule is O=C(NCC1(O)CCCC1)c1n[nH]c(=O)c2ccccc12. The Balaban J connectivity index is 1.85. The van der Waals surface area contributed by atoms with E-state index in [1.165, 1.54) is 0 Å². The number of benzene rings is 1. The van der Waals surface area contributed by atoms with Gasteiger partial charge in [0.05, 0.1) is 11.0 Å². The van der Waals surface area contributed by atoms with Gasteiger partial charge in [0.1, 0.15) is 0 Å². The number of rotatable bonds is 3. The Kier molecular flexibility index (Phi) is 3.47. The maximum Gasteiger partial charge on any atom is 0.272 e. The lowest BCUT2D eigenvalue weighted by molar-refractivity contribution is 0.0449. The van der Waals surface area contributed by atoms with Crippen molar-refractivity contribution >= 4 is 16.7 Å². The van der Waals surface area contributed by atoms with Crippen LogP contribution in [0.2, 0.25) is 0 Å². The molecule has 1 amide bonds. The van der Waals surface area contributed by atoms with E-state index >= 15 is 0 Å². The van der Waals surface area contributed by atoms with Gasteiger partial charge in [0, 0.05) is 11.9 Å². The van der Waals surface area contributed by atoms with E-state index in [0.29, 0.717) is 23.6 Å². The summed E-state index contributed by atoms with van der Waals surface area (Å²) in [6.45, 7) is 0.209. The highest BCUT2D eigenvalue weighted by molar-refractivity contribution is 6.04. The molecule has 3 N–H and O–H groups in total. The predicted octanol–water partition coefficient (Wildman–Crippen LogP) is 0.958. The van der Waals surface area contributed by atoms with E-state index in [1.807, 2.05) is 0 Å². The van der Waals surface area contributed by atoms with Crippen LogP contribution in [0, 0.1) is 0 Å². The van der Waals surface area contributed by atoms with Gasteiger partial charge in [-0.15, -0.1) is 0 Å². The Labute approximate surface area is 121 Å². The average molecular weight is 287 g/mol. The zero-order chi connectivity index (χ0) is 14.9. The second-order valence-electron chi connectivity index (χ2n) is 5.56. The second-order valence-corrected chi connectivity index (χ2v) is 5.56. The Hall–Kier alpha value is -2.21. The number of nitrogens with one attached hydrogen (secondary N) is 2. The van der Waals surface area contributed by atoms with Crippen LogP contribution in [0.4, 0.5) is 0 Å². The summed E-state index contributed by atoms with van der Waals surface area (Å²) in [6, 6.07) is 6.83. The molecule has 0 spiro atoms. The minimum atomic E-state index is -0.812. The van der Waals surface area contributed by atoms with E-state index in [4.69, 9.17) is 0 Å². The van der Waals surface area contributed by atoms with Crippen LogP contribution in [0.1, 0.15) is 36.2 Å². The second kappa shape index (κ2) is 5.29. The number of carbonyl (C=O) groups excluding carboxylic acids is 1. The van der Waals surface area contributed by atoms with Crippen LogP contribution in [0.25, 0.3) is 10.8 Å². The monoisotopic (exact) mass is 287 g/mol. The highest BCUT2D eigenvalue weighted by Gasteiger charge is 2.31. The Morgan fingerprint density at radius 1 is 1.29 bits per heavy atom. The summed E-state index contributed by atoms with van der Waals surface area (Å²) in [6.07, 6.45) is 3.36. The summed E-state index contributed by atoms with van der Waals surface area (Å²) < 4.78 is 0. The van der Waals surface area contributed by atoms with Gasteiger partial charge in [-0.1, -0.05) is 31.0 Å². The molecule has 0 bridgehead atoms. The first-order valence-corrected chi connectivity index (χ1v) is 7.07. The lowest BCUT2D eigenvalue weighted by Crippen LogP contribution is -2.41. The molecule has 1 aliphatic rings. The van der Waals surface area contributed by atoms with Gasteiger partial charge < -0.3 is 10.4 Å². The number of amides is 1. The minimum Gasteiger partial charge on any atom is -0.388 e. The van der Waals surface area contributed by atoms with Crippen LogP contribution >= 0.6 is 0 Å². The minimum absolute atomic E-state index is 0.173. The van der Waals surface area contributed by atoms with Gasteiger partial charge in [0.2, 0.25) is 0 Å². The Morgan fingerprint density at radius 2 is 1.95 bits per heavy atom. The fourth-order valence-electron chi connectivity index (χ4n) is 2.83. The van der Waals surface area contributed by atoms with Crippen molar-refractivity contribution in [1.82, 2.24) is 15.5 Å². The van der Waals surface area contributed by atoms with Crippen molar-refractivity contribution in [3.63, 3.8) is 0 Å². The first kappa shape index (κ1) is 13.8. The van der Waals surface area contributed by atoms with Crippen molar-refractivity contribution in [3.8, 4) is 0 Å². The standard InChI is InChI=1S/C15H17N3O3/c19-13-11-6-2-1-5-10(11)12(17-18-13)14(20)16-9-15(21)7-3-4-8-15/h1-2,5-6,21H,3-4,7-9H2,(H,16,20)(H,18,19). The number of H-pyrrole nitrogens is 1. The molecule has 1 fully saturated rings. The fourth-order valence-corrected chi connectivity index (χ4v) is 2.83. The zero-order valence-corrected chi connectivity index (χ0v) is 11.6. The first-order chi connectivity index (χ1) is 10.1. The molecule has 0 unspecified atom stereocenters. The van der Waals surface area contributed by atoms with Gasteiger partial charge in [-0.3, -0.25) is 9.59 Å². The average Bonchev–Trinajstić information content (AvgIpc) is 2.93. The normalized spacial score (nSPS) is 17.0. The van der Waals surface area contributed by atoms with Gasteiger partial charge in [-0.05, 0) is 18.9 Å². The van der Waals surface area contributed by atoms with E-state index in [2.05, 4.69) is 15.5 Å². The van der Waals surface area contributed by atoms with Crippen molar-refractivity contribution in [1.29, 1.82) is 0 Å². The summed E-state index contributed by atoms with van der Waals surface area (Å²) >= 11 is 0. The third kappa shape index (κ3) is 2.67. The topological polar surface area (TPSA) is 95.1 Å². The predicted molar refractivity (Wildman–Crippen MR) is 78.1 cm³/mol. The van der Waals surface area contributed by atoms with Gasteiger partial charge >= 0.3 is 0 Å². The smallest absolute Gasteiger partial charge is 0.272 e. The van der Waals surface area contributed by atoms with Crippen LogP contribution in [0.3, 0.4) is 0 Å². The molecule has 2 aromatic rings. The molecule has 1 aliphatic carbocycles. The summed E-state index contributed by atoms with van der Waals surface area (Å²) in [5.74, 6) is -0.386. The third-order valence-electron chi connectivity index (χ3n) is 4.02. The van der Waals surface area contributed by atoms with Crippen molar-refractivity contribution in [2.24, 2.45) is 0 Å². The molecular weight excluding hydrogens is 270 g/mol. The third-order valence-corrected chi connectivity index (χ3v) is 4.02. The van der Waals surface area contributed by atoms with Gasteiger partial charge in [0.25, 0.3) is 11.5 Å². The van der Waals surface area contributed by atoms with Crippen LogP contribution in [-0.4, -0.2) is 33.4 Å². The van der Waals surface area contributed by atoms with E-state index < -0.39 is 5.60 Å². The number of hydrogen-bond donors (Lipinski definition) is 3. The highest BCUT2D eigenvalue weighted by atomic mass is 16.3. The van der Waals surface area contributed by atoms with Gasteiger partial charge in [-0.2, -0.15) is 5.10 Å². The highest BCUT2D eigenvalue weighted by Crippen LogP contribution is 2.28. The largest absolute Gasteiger partial charge is 0.388 e. The molecule has 1 aromatic heterocycles. The number of hydrogen-bond acceptors (Lipinski definition) is 4. The molecule has 6 heteroatoms. The summed E-state index contributed by atoms with van der Waals surface area (Å²) in [5, 5.41) is 20.1. The van der Waals surface area contributed by atoms with Crippen molar-refractivity contribution < 1.29 is 9.90 Å². The van der Waals surface area contributed by atoms with E-state index in [-0.39, 0.29) is 23.7 Å². The maximum atomic E-state index is 12.3. The zero-order valence-electron chi connectivity index (χ0n) is 11.6. The molecule has 0 saturated heterocycles. The van der Waals surface area contributed by atoms with Crippen LogP contribution in [-0.2, 0) is 0 Å². The van der Waals surface area contributed by atoms with Gasteiger partial charge in [0.15, 0.2) is 5.69 Å². The van der Waals surface area contributed by atoms with Crippen molar-refractivity contribution in [2.45, 2.75) is 31.3 Å². The maximum absolute atomic E-state index is 12.3. The van der Waals surface area contributed by atoms with Gasteiger partial charge in [-0.25, -0.2) is 5.10 Å². The molecule has 1 aromatic carbocycles. The summed E-state index contributed by atoms with van der Waals surface area (Å²) in [4.78, 5) is 23.9. The number of aromatic amines is 1. The molecule has 21 heavy (non-hydrogen) atoms. The van der Waals surface area contributed by atoms with Crippen molar-refractivity contribution in [3.05, 3.63) is 40.3 Å². The Morgan fingerprint density at radius 3 is 2.67 bits per heavy atom. The lowest BCUT2D eigenvalue weighted by Gasteiger charge is -2.22. The molecule has 1 heterocycles. The van der Waals surface area contributed by atoms with E-state index in [9.17, 15) is 14.7 Å². The summed E-state index contributed by atoms with van der Waals surface area (Å²) in [5.41, 5.74) is -0.962. The van der Waals surface area contributed by atoms with Crippen LogP contribution < -0.4 is 10.9 Å². The van der Waals surface area contributed by atoms with E-state index in [1.54, 1.807) is 24.3 Å². The molecule has 6 nitrogen and oxygen atoms in total. The van der Waals surface area contributed by atoms with Crippen LogP contribution in [0.15, 0.2) is 29.1 Å². The number of aliphatic hydroxyl groups is 1. The molecule has 0 atom stereocenters. The first-order valence-electron chi connectivity index (χ1n) is 7.07. The fraction of sp³-hybridized carbons (Fsp3) is 0.400. The molecule has 0 radical (unpaired) electrons. The molecule has 3 rings (SSSR count). The molecular formula is C15H17N3O3. The van der Waals surface area contributed by atoms with E-state index in [0.717, 1.165) is 12.8 Å². The van der Waals surface area contributed by atoms with Crippen molar-refractivity contribution in [2.75, 3.05) is 6.54 Å². The summed E-state index contributed by atoms with van der Waals surface area (Å²) in [7, 11) is 0. The van der Waals surface area contributed by atoms with Crippen LogP contribution in [0.5, 0.6) is 0 Å². The number of nitrogens with zero attached hydrogens (tertiary/aromatic N) is 1. The number of carbonyl (C=O) groups is 1. The quantitative estimate of drug-likeness (QED) is 0.783. The molecule has 1 saturated carbocycles. The number of fused-ring (bicyclic) bond motifs is 1. The Bertz CT molecular complexity index is 732. The number of aromatic nitrogens is 2.